The molecule has 0 radical (unpaired) electrons. The molecular formula is C15H19ClN2O4. The first-order chi connectivity index (χ1) is 10.3. The van der Waals surface area contributed by atoms with Gasteiger partial charge in [0, 0.05) is 12.1 Å². The van der Waals surface area contributed by atoms with Gasteiger partial charge in [-0.3, -0.25) is 14.9 Å². The number of esters is 1. The highest BCUT2D eigenvalue weighted by molar-refractivity contribution is 6.30. The van der Waals surface area contributed by atoms with Gasteiger partial charge in [0.1, 0.15) is 0 Å². The molecule has 0 aliphatic carbocycles. The maximum absolute atomic E-state index is 12.2. The lowest BCUT2D eigenvalue weighted by atomic mass is 9.88. The molecule has 0 heterocycles. The Labute approximate surface area is 134 Å². The average molecular weight is 327 g/mol. The summed E-state index contributed by atoms with van der Waals surface area (Å²) in [6, 6.07) is 6.23. The zero-order valence-corrected chi connectivity index (χ0v) is 13.4. The summed E-state index contributed by atoms with van der Waals surface area (Å²) < 4.78 is 4.99. The molecular weight excluding hydrogens is 308 g/mol. The monoisotopic (exact) mass is 326 g/mol. The molecule has 1 aromatic rings. The Morgan fingerprint density at radius 1 is 1.18 bits per heavy atom. The predicted octanol–water partition coefficient (Wildman–Crippen LogP) is 2.08. The van der Waals surface area contributed by atoms with E-state index in [1.54, 1.807) is 24.3 Å². The van der Waals surface area contributed by atoms with Gasteiger partial charge in [-0.2, -0.15) is 0 Å². The molecule has 6 nitrogen and oxygen atoms in total. The van der Waals surface area contributed by atoms with Crippen LogP contribution in [0.4, 0.5) is 4.79 Å². The smallest absolute Gasteiger partial charge is 0.321 e. The van der Waals surface area contributed by atoms with Crippen LogP contribution in [0.2, 0.25) is 5.02 Å². The molecule has 120 valence electrons. The number of rotatable bonds is 5. The molecule has 1 atom stereocenters. The summed E-state index contributed by atoms with van der Waals surface area (Å²) in [5.74, 6) is -1.74. The highest BCUT2D eigenvalue weighted by Crippen LogP contribution is 2.27. The highest BCUT2D eigenvalue weighted by atomic mass is 35.5. The first-order valence-corrected chi connectivity index (χ1v) is 7.16. The molecule has 2 N–H and O–H groups in total. The second kappa shape index (κ2) is 8.38. The first-order valence-electron chi connectivity index (χ1n) is 6.78. The quantitative estimate of drug-likeness (QED) is 0.811. The van der Waals surface area contributed by atoms with E-state index in [-0.39, 0.29) is 5.92 Å². The predicted molar refractivity (Wildman–Crippen MR) is 82.6 cm³/mol. The molecule has 0 unspecified atom stereocenters. The summed E-state index contributed by atoms with van der Waals surface area (Å²) in [6.45, 7) is 3.25. The van der Waals surface area contributed by atoms with Crippen LogP contribution >= 0.6 is 11.6 Å². The van der Waals surface area contributed by atoms with Crippen LogP contribution in [0, 0.1) is 5.92 Å². The van der Waals surface area contributed by atoms with E-state index in [9.17, 15) is 14.4 Å². The maximum atomic E-state index is 12.2. The van der Waals surface area contributed by atoms with E-state index in [4.69, 9.17) is 16.3 Å². The van der Waals surface area contributed by atoms with Crippen molar-refractivity contribution in [3.63, 3.8) is 0 Å². The van der Waals surface area contributed by atoms with E-state index in [0.29, 0.717) is 5.02 Å². The molecule has 7 heteroatoms. The van der Waals surface area contributed by atoms with Gasteiger partial charge in [0.05, 0.1) is 5.92 Å². The van der Waals surface area contributed by atoms with E-state index in [1.807, 2.05) is 19.2 Å². The first kappa shape index (κ1) is 18.0. The van der Waals surface area contributed by atoms with Crippen molar-refractivity contribution in [1.82, 2.24) is 10.6 Å². The summed E-state index contributed by atoms with van der Waals surface area (Å²) in [5, 5.41) is 4.82. The average Bonchev–Trinajstić information content (AvgIpc) is 2.47. The van der Waals surface area contributed by atoms with Crippen LogP contribution in [0.15, 0.2) is 24.3 Å². The van der Waals surface area contributed by atoms with E-state index in [0.717, 1.165) is 5.56 Å². The Kier molecular flexibility index (Phi) is 6.85. The number of halogens is 1. The molecule has 0 aromatic heterocycles. The molecule has 0 aliphatic heterocycles. The van der Waals surface area contributed by atoms with Crippen LogP contribution in [-0.4, -0.2) is 31.6 Å². The van der Waals surface area contributed by atoms with E-state index in [1.165, 1.54) is 7.05 Å². The Morgan fingerprint density at radius 2 is 1.77 bits per heavy atom. The van der Waals surface area contributed by atoms with Crippen LogP contribution in [0.5, 0.6) is 0 Å². The third-order valence-electron chi connectivity index (χ3n) is 2.98. The Hall–Kier alpha value is -2.08. The van der Waals surface area contributed by atoms with Gasteiger partial charge in [-0.1, -0.05) is 37.6 Å². The lowest BCUT2D eigenvalue weighted by molar-refractivity contribution is -0.150. The van der Waals surface area contributed by atoms with Crippen LogP contribution in [0.1, 0.15) is 25.3 Å². The van der Waals surface area contributed by atoms with Crippen molar-refractivity contribution in [3.8, 4) is 0 Å². The SMILES string of the molecule is CNC(=O)NC(=O)COC(=O)[C@@H](c1ccc(Cl)cc1)C(C)C. The summed E-state index contributed by atoms with van der Waals surface area (Å²) in [4.78, 5) is 34.6. The Balaban J connectivity index is 2.68. The van der Waals surface area contributed by atoms with Crippen LogP contribution in [0.3, 0.4) is 0 Å². The van der Waals surface area contributed by atoms with Crippen molar-refractivity contribution in [2.24, 2.45) is 5.92 Å². The number of ether oxygens (including phenoxy) is 1. The van der Waals surface area contributed by atoms with Crippen LogP contribution < -0.4 is 10.6 Å². The normalized spacial score (nSPS) is 11.7. The summed E-state index contributed by atoms with van der Waals surface area (Å²) in [5.41, 5.74) is 0.760. The molecule has 0 saturated carbocycles. The molecule has 1 aromatic carbocycles. The van der Waals surface area contributed by atoms with Crippen LogP contribution in [-0.2, 0) is 14.3 Å². The zero-order valence-electron chi connectivity index (χ0n) is 12.7. The number of benzene rings is 1. The summed E-state index contributed by atoms with van der Waals surface area (Å²) >= 11 is 5.83. The fourth-order valence-corrected chi connectivity index (χ4v) is 2.04. The lowest BCUT2D eigenvalue weighted by Crippen LogP contribution is -2.40. The third kappa shape index (κ3) is 5.37. The number of imide groups is 1. The van der Waals surface area contributed by atoms with Crippen molar-refractivity contribution >= 4 is 29.5 Å². The minimum Gasteiger partial charge on any atom is -0.455 e. The second-order valence-corrected chi connectivity index (χ2v) is 5.44. The van der Waals surface area contributed by atoms with Gasteiger partial charge in [0.2, 0.25) is 0 Å². The van der Waals surface area contributed by atoms with Gasteiger partial charge in [-0.25, -0.2) is 4.79 Å². The molecule has 0 bridgehead atoms. The van der Waals surface area contributed by atoms with E-state index in [2.05, 4.69) is 5.32 Å². The number of nitrogens with one attached hydrogen (secondary N) is 2. The topological polar surface area (TPSA) is 84.5 Å². The van der Waals surface area contributed by atoms with Gasteiger partial charge in [0.25, 0.3) is 5.91 Å². The van der Waals surface area contributed by atoms with Crippen molar-refractivity contribution in [2.75, 3.05) is 13.7 Å². The largest absolute Gasteiger partial charge is 0.455 e. The Bertz CT molecular complexity index is 543. The second-order valence-electron chi connectivity index (χ2n) is 5.01. The minimum atomic E-state index is -0.689. The highest BCUT2D eigenvalue weighted by Gasteiger charge is 2.26. The number of hydrogen-bond acceptors (Lipinski definition) is 4. The third-order valence-corrected chi connectivity index (χ3v) is 3.23. The van der Waals surface area contributed by atoms with Gasteiger partial charge in [-0.15, -0.1) is 0 Å². The van der Waals surface area contributed by atoms with Crippen LogP contribution in [0.25, 0.3) is 0 Å². The van der Waals surface area contributed by atoms with Crippen molar-refractivity contribution < 1.29 is 19.1 Å². The molecule has 22 heavy (non-hydrogen) atoms. The number of amides is 3. The van der Waals surface area contributed by atoms with Gasteiger partial charge in [-0.05, 0) is 23.6 Å². The van der Waals surface area contributed by atoms with Gasteiger partial charge >= 0.3 is 12.0 Å². The van der Waals surface area contributed by atoms with E-state index < -0.39 is 30.4 Å². The summed E-state index contributed by atoms with van der Waals surface area (Å²) in [7, 11) is 1.38. The zero-order chi connectivity index (χ0) is 16.7. The standard InChI is InChI=1S/C15H19ClN2O4/c1-9(2)13(10-4-6-11(16)7-5-10)14(20)22-8-12(19)18-15(21)17-3/h4-7,9,13H,8H2,1-3H3,(H2,17,18,19,21)/t13-/m1/s1. The summed E-state index contributed by atoms with van der Waals surface area (Å²) in [6.07, 6.45) is 0. The Morgan fingerprint density at radius 3 is 2.27 bits per heavy atom. The van der Waals surface area contributed by atoms with E-state index >= 15 is 0 Å². The molecule has 1 rings (SSSR count). The van der Waals surface area contributed by atoms with Crippen molar-refractivity contribution in [2.45, 2.75) is 19.8 Å². The minimum absolute atomic E-state index is 0.0179. The fraction of sp³-hybridized carbons (Fsp3) is 0.400. The van der Waals surface area contributed by atoms with Crippen molar-refractivity contribution in [3.05, 3.63) is 34.9 Å². The number of carbonyl (C=O) groups is 3. The molecule has 0 fully saturated rings. The fourth-order valence-electron chi connectivity index (χ4n) is 1.91. The number of hydrogen-bond donors (Lipinski definition) is 2. The van der Waals surface area contributed by atoms with Gasteiger partial charge in [0.15, 0.2) is 6.61 Å². The number of urea groups is 1. The molecule has 0 aliphatic rings. The number of carbonyl (C=O) groups excluding carboxylic acids is 3. The molecule has 0 spiro atoms. The molecule has 3 amide bonds. The lowest BCUT2D eigenvalue weighted by Gasteiger charge is -2.19. The maximum Gasteiger partial charge on any atom is 0.321 e. The van der Waals surface area contributed by atoms with Crippen molar-refractivity contribution in [1.29, 1.82) is 0 Å². The molecule has 0 saturated heterocycles. The van der Waals surface area contributed by atoms with Gasteiger partial charge < -0.3 is 10.1 Å².